The molecule has 8 heteroatoms. The highest BCUT2D eigenvalue weighted by Crippen LogP contribution is 2.70. The van der Waals surface area contributed by atoms with Crippen LogP contribution in [0.2, 0.25) is 0 Å². The molecule has 0 unspecified atom stereocenters. The van der Waals surface area contributed by atoms with Crippen LogP contribution in [0.15, 0.2) is 53.1 Å². The Bertz CT molecular complexity index is 1180. The van der Waals surface area contributed by atoms with Crippen LogP contribution in [0.25, 0.3) is 6.08 Å². The molecule has 4 aliphatic rings. The molecular weight excluding hydrogens is 491 g/mol. The Labute approximate surface area is 212 Å². The van der Waals surface area contributed by atoms with Gasteiger partial charge in [0.15, 0.2) is 5.78 Å². The van der Waals surface area contributed by atoms with Crippen molar-refractivity contribution in [3.05, 3.63) is 64.3 Å². The molecular formula is C29H31F5O3. The van der Waals surface area contributed by atoms with E-state index in [1.54, 1.807) is 18.2 Å². The van der Waals surface area contributed by atoms with Crippen molar-refractivity contribution in [1.29, 1.82) is 0 Å². The number of aliphatic hydroxyl groups is 2. The summed E-state index contributed by atoms with van der Waals surface area (Å²) in [5, 5.41) is 20.3. The van der Waals surface area contributed by atoms with Crippen molar-refractivity contribution in [2.75, 3.05) is 6.61 Å². The Kier molecular flexibility index (Phi) is 6.30. The zero-order valence-corrected chi connectivity index (χ0v) is 20.6. The first-order chi connectivity index (χ1) is 17.3. The second-order valence-corrected chi connectivity index (χ2v) is 11.2. The van der Waals surface area contributed by atoms with Gasteiger partial charge in [-0.15, -0.1) is 0 Å². The number of rotatable bonds is 4. The topological polar surface area (TPSA) is 57.5 Å². The number of aliphatic hydroxyl groups excluding tert-OH is 1. The van der Waals surface area contributed by atoms with Crippen LogP contribution >= 0.6 is 0 Å². The molecule has 3 nitrogen and oxygen atoms in total. The molecule has 5 rings (SSSR count). The fourth-order valence-corrected chi connectivity index (χ4v) is 7.74. The zero-order valence-electron chi connectivity index (χ0n) is 20.6. The highest BCUT2D eigenvalue weighted by Gasteiger charge is 2.79. The molecule has 5 atom stereocenters. The summed E-state index contributed by atoms with van der Waals surface area (Å²) in [5.74, 6) is -6.40. The van der Waals surface area contributed by atoms with E-state index in [2.05, 4.69) is 0 Å². The molecule has 200 valence electrons. The van der Waals surface area contributed by atoms with Gasteiger partial charge in [0.25, 0.3) is 0 Å². The summed E-state index contributed by atoms with van der Waals surface area (Å²) in [6.45, 7) is 1.30. The third-order valence-corrected chi connectivity index (χ3v) is 9.52. The van der Waals surface area contributed by atoms with E-state index in [1.807, 2.05) is 24.3 Å². The van der Waals surface area contributed by atoms with E-state index < -0.39 is 41.4 Å². The molecule has 4 aliphatic carbocycles. The number of alkyl halides is 5. The summed E-state index contributed by atoms with van der Waals surface area (Å²) < 4.78 is 70.9. The van der Waals surface area contributed by atoms with Gasteiger partial charge in [-0.3, -0.25) is 4.79 Å². The summed E-state index contributed by atoms with van der Waals surface area (Å²) in [5.41, 5.74) is -0.216. The van der Waals surface area contributed by atoms with Gasteiger partial charge in [-0.25, -0.2) is 0 Å². The summed E-state index contributed by atoms with van der Waals surface area (Å²) in [6, 6.07) is 7.34. The number of hydrogen-bond donors (Lipinski definition) is 2. The van der Waals surface area contributed by atoms with E-state index in [4.69, 9.17) is 5.11 Å². The largest absolute Gasteiger partial charge is 0.456 e. The molecule has 0 spiro atoms. The lowest BCUT2D eigenvalue weighted by Gasteiger charge is -2.56. The smallest absolute Gasteiger partial charge is 0.392 e. The predicted octanol–water partition coefficient (Wildman–Crippen LogP) is 6.52. The molecule has 0 bridgehead atoms. The fraction of sp³-hybridized carbons (Fsp3) is 0.552. The number of allylic oxidation sites excluding steroid dienone is 4. The van der Waals surface area contributed by atoms with Crippen molar-refractivity contribution in [3.8, 4) is 0 Å². The molecule has 2 saturated carbocycles. The third kappa shape index (κ3) is 3.85. The van der Waals surface area contributed by atoms with Crippen LogP contribution in [0.3, 0.4) is 0 Å². The van der Waals surface area contributed by atoms with Crippen LogP contribution in [0.1, 0.15) is 68.9 Å². The first-order valence-corrected chi connectivity index (χ1v) is 12.8. The number of benzene rings is 1. The summed E-state index contributed by atoms with van der Waals surface area (Å²) in [7, 11) is 0. The van der Waals surface area contributed by atoms with Crippen LogP contribution in [-0.4, -0.2) is 40.3 Å². The van der Waals surface area contributed by atoms with Crippen LogP contribution in [0.5, 0.6) is 0 Å². The third-order valence-electron chi connectivity index (χ3n) is 9.52. The van der Waals surface area contributed by atoms with Crippen molar-refractivity contribution >= 4 is 11.9 Å². The highest BCUT2D eigenvalue weighted by molar-refractivity contribution is 5.93. The minimum absolute atomic E-state index is 0.0395. The number of fused-ring (bicyclic) bond motifs is 4. The van der Waals surface area contributed by atoms with Gasteiger partial charge < -0.3 is 10.2 Å². The Hall–Kier alpha value is -2.32. The number of carbonyl (C=O) groups excluding carboxylic acids is 1. The van der Waals surface area contributed by atoms with Gasteiger partial charge in [-0.1, -0.05) is 48.9 Å². The molecule has 0 aliphatic heterocycles. The molecule has 37 heavy (non-hydrogen) atoms. The molecule has 1 aromatic rings. The molecule has 2 N–H and O–H groups in total. The fourth-order valence-electron chi connectivity index (χ4n) is 7.74. The average Bonchev–Trinajstić information content (AvgIpc) is 3.13. The van der Waals surface area contributed by atoms with Crippen LogP contribution in [0.4, 0.5) is 22.0 Å². The van der Waals surface area contributed by atoms with Gasteiger partial charge in [0.05, 0.1) is 6.61 Å². The molecule has 0 saturated heterocycles. The van der Waals surface area contributed by atoms with Crippen molar-refractivity contribution in [1.82, 2.24) is 0 Å². The Balaban J connectivity index is 1.66. The van der Waals surface area contributed by atoms with Gasteiger partial charge in [0.1, 0.15) is 5.60 Å². The molecule has 0 heterocycles. The van der Waals surface area contributed by atoms with Gasteiger partial charge in [0, 0.05) is 17.8 Å². The average molecular weight is 523 g/mol. The lowest BCUT2D eigenvalue weighted by atomic mass is 9.50. The standard InChI is InChI=1S/C29H31F5O3/c1-26-16-23(18-6-4-17(5-7-18)3-2-14-35)25-21-11-9-20(36)15-19(21)8-10-22(25)24(26)12-13-27(26,37)28(30,31)29(32,33)34/h2-7,15,22-24,35,37H,8-14,16H2,1H3/b3-2+/t22-,23+,24-,26-,27-/m0/s1. The highest BCUT2D eigenvalue weighted by atomic mass is 19.4. The Morgan fingerprint density at radius 1 is 1.05 bits per heavy atom. The normalized spacial score (nSPS) is 34.3. The van der Waals surface area contributed by atoms with Crippen molar-refractivity contribution < 1.29 is 37.0 Å². The first-order valence-electron chi connectivity index (χ1n) is 12.8. The molecule has 0 radical (unpaired) electrons. The lowest BCUT2D eigenvalue weighted by molar-refractivity contribution is -0.362. The number of hydrogen-bond acceptors (Lipinski definition) is 3. The summed E-state index contributed by atoms with van der Waals surface area (Å²) in [4.78, 5) is 12.1. The number of halogens is 5. The zero-order chi connectivity index (χ0) is 26.8. The minimum atomic E-state index is -5.86. The van der Waals surface area contributed by atoms with E-state index in [0.717, 1.165) is 27.8 Å². The number of carbonyl (C=O) groups is 1. The first kappa shape index (κ1) is 26.3. The maximum Gasteiger partial charge on any atom is 0.456 e. The van der Waals surface area contributed by atoms with E-state index in [-0.39, 0.29) is 31.1 Å². The van der Waals surface area contributed by atoms with Crippen molar-refractivity contribution in [3.63, 3.8) is 0 Å². The quantitative estimate of drug-likeness (QED) is 0.443. The second kappa shape index (κ2) is 8.87. The van der Waals surface area contributed by atoms with Crippen LogP contribution in [0, 0.1) is 17.3 Å². The van der Waals surface area contributed by atoms with E-state index >= 15 is 8.78 Å². The number of ketones is 1. The van der Waals surface area contributed by atoms with E-state index in [1.165, 1.54) is 6.92 Å². The van der Waals surface area contributed by atoms with Crippen LogP contribution < -0.4 is 0 Å². The molecule has 0 amide bonds. The molecule has 1 aromatic carbocycles. The predicted molar refractivity (Wildman–Crippen MR) is 129 cm³/mol. The maximum atomic E-state index is 15.0. The van der Waals surface area contributed by atoms with Crippen LogP contribution in [-0.2, 0) is 4.79 Å². The SMILES string of the molecule is C[C@]12C[C@H](c3ccc(/C=C/CO)cc3)C3=C4CCC(=O)C=C4CC[C@H]3[C@@H]1CC[C@@]2(O)C(F)(F)C(F)(F)F. The van der Waals surface area contributed by atoms with E-state index in [0.29, 0.717) is 25.7 Å². The summed E-state index contributed by atoms with van der Waals surface area (Å²) >= 11 is 0. The summed E-state index contributed by atoms with van der Waals surface area (Å²) in [6.07, 6.45) is 0.585. The maximum absolute atomic E-state index is 15.0. The molecule has 0 aromatic heterocycles. The van der Waals surface area contributed by atoms with Crippen molar-refractivity contribution in [2.45, 2.75) is 75.5 Å². The van der Waals surface area contributed by atoms with Gasteiger partial charge in [-0.05, 0) is 78.7 Å². The van der Waals surface area contributed by atoms with Crippen molar-refractivity contribution in [2.24, 2.45) is 17.3 Å². The van der Waals surface area contributed by atoms with Gasteiger partial charge in [-0.2, -0.15) is 22.0 Å². The van der Waals surface area contributed by atoms with Gasteiger partial charge >= 0.3 is 12.1 Å². The second-order valence-electron chi connectivity index (χ2n) is 11.2. The lowest BCUT2D eigenvalue weighted by Crippen LogP contribution is -2.65. The monoisotopic (exact) mass is 522 g/mol. The Morgan fingerprint density at radius 2 is 1.76 bits per heavy atom. The van der Waals surface area contributed by atoms with E-state index in [9.17, 15) is 23.1 Å². The van der Waals surface area contributed by atoms with Gasteiger partial charge in [0.2, 0.25) is 0 Å². The minimum Gasteiger partial charge on any atom is -0.392 e. The Morgan fingerprint density at radius 3 is 2.41 bits per heavy atom. The molecule has 2 fully saturated rings.